The topological polar surface area (TPSA) is 69.1 Å². The molecule has 27 heavy (non-hydrogen) atoms. The van der Waals surface area contributed by atoms with Crippen molar-refractivity contribution in [2.75, 3.05) is 0 Å². The van der Waals surface area contributed by atoms with Gasteiger partial charge in [-0.25, -0.2) is 4.68 Å². The van der Waals surface area contributed by atoms with Gasteiger partial charge in [0.25, 0.3) is 5.91 Å². The average Bonchev–Trinajstić information content (AvgIpc) is 3.43. The Balaban J connectivity index is 1.60. The third-order valence-corrected chi connectivity index (χ3v) is 4.86. The molecule has 0 fully saturated rings. The summed E-state index contributed by atoms with van der Waals surface area (Å²) in [5.74, 6) is 1.03. The van der Waals surface area contributed by atoms with Gasteiger partial charge in [-0.05, 0) is 30.7 Å². The number of rotatable bonds is 3. The van der Waals surface area contributed by atoms with Crippen molar-refractivity contribution >= 4 is 5.91 Å². The molecule has 0 saturated carbocycles. The molecule has 4 heterocycles. The fourth-order valence-corrected chi connectivity index (χ4v) is 3.54. The molecule has 0 saturated heterocycles. The minimum absolute atomic E-state index is 0.175. The summed E-state index contributed by atoms with van der Waals surface area (Å²) in [5, 5.41) is 8.47. The molecule has 7 heteroatoms. The van der Waals surface area contributed by atoms with E-state index in [1.165, 1.54) is 6.20 Å². The molecule has 0 aliphatic carbocycles. The van der Waals surface area contributed by atoms with Gasteiger partial charge in [0.15, 0.2) is 0 Å². The molecule has 3 aromatic heterocycles. The number of amides is 1. The maximum absolute atomic E-state index is 12.6. The Bertz CT molecular complexity index is 1110. The van der Waals surface area contributed by atoms with Gasteiger partial charge in [-0.3, -0.25) is 4.79 Å². The van der Waals surface area contributed by atoms with Crippen molar-refractivity contribution < 1.29 is 9.32 Å². The van der Waals surface area contributed by atoms with E-state index in [0.717, 1.165) is 28.3 Å². The van der Waals surface area contributed by atoms with Crippen LogP contribution in [0.5, 0.6) is 0 Å². The van der Waals surface area contributed by atoms with Crippen LogP contribution in [0.25, 0.3) is 11.5 Å². The number of nitrogens with zero attached hydrogens (tertiary/aromatic N) is 5. The van der Waals surface area contributed by atoms with Crippen molar-refractivity contribution in [1.29, 1.82) is 0 Å². The summed E-state index contributed by atoms with van der Waals surface area (Å²) in [5.41, 5.74) is 4.11. The molecule has 0 N–H and O–H groups in total. The van der Waals surface area contributed by atoms with E-state index in [2.05, 4.69) is 24.2 Å². The fourth-order valence-electron chi connectivity index (χ4n) is 3.54. The van der Waals surface area contributed by atoms with Crippen LogP contribution in [0.2, 0.25) is 0 Å². The van der Waals surface area contributed by atoms with Crippen molar-refractivity contribution in [2.24, 2.45) is 0 Å². The molecule has 5 rings (SSSR count). The highest BCUT2D eigenvalue weighted by Gasteiger charge is 2.33. The Morgan fingerprint density at radius 2 is 1.89 bits per heavy atom. The molecule has 1 aromatic carbocycles. The second-order valence-corrected chi connectivity index (χ2v) is 6.58. The Morgan fingerprint density at radius 3 is 2.63 bits per heavy atom. The van der Waals surface area contributed by atoms with Crippen LogP contribution in [0.3, 0.4) is 0 Å². The molecule has 0 unspecified atom stereocenters. The number of carbonyl (C=O) groups excluding carboxylic acids is 1. The zero-order valence-corrected chi connectivity index (χ0v) is 14.7. The molecule has 1 aliphatic rings. The molecular weight excluding hydrogens is 342 g/mol. The van der Waals surface area contributed by atoms with Gasteiger partial charge in [0.05, 0.1) is 30.7 Å². The van der Waals surface area contributed by atoms with Gasteiger partial charge in [-0.15, -0.1) is 0 Å². The number of carbonyl (C=O) groups is 1. The highest BCUT2D eigenvalue weighted by Crippen LogP contribution is 2.31. The van der Waals surface area contributed by atoms with Gasteiger partial charge in [0.1, 0.15) is 5.82 Å². The number of hydrogen-bond acceptors (Lipinski definition) is 4. The van der Waals surface area contributed by atoms with E-state index in [1.54, 1.807) is 11.0 Å². The average molecular weight is 359 g/mol. The summed E-state index contributed by atoms with van der Waals surface area (Å²) in [6, 6.07) is 13.7. The van der Waals surface area contributed by atoms with Gasteiger partial charge < -0.3 is 14.0 Å². The zero-order valence-electron chi connectivity index (χ0n) is 14.7. The van der Waals surface area contributed by atoms with Crippen LogP contribution in [0.4, 0.5) is 0 Å². The van der Waals surface area contributed by atoms with E-state index in [4.69, 9.17) is 9.62 Å². The first-order valence-electron chi connectivity index (χ1n) is 8.72. The molecule has 4 aromatic rings. The summed E-state index contributed by atoms with van der Waals surface area (Å²) >= 11 is 0. The van der Waals surface area contributed by atoms with Gasteiger partial charge >= 0.3 is 0 Å². The first kappa shape index (κ1) is 15.6. The number of aromatic nitrogens is 4. The first-order chi connectivity index (χ1) is 13.2. The maximum Gasteiger partial charge on any atom is 0.293 e. The third-order valence-electron chi connectivity index (χ3n) is 4.86. The number of benzene rings is 1. The van der Waals surface area contributed by atoms with E-state index in [9.17, 15) is 4.79 Å². The molecule has 1 amide bonds. The van der Waals surface area contributed by atoms with Gasteiger partial charge in [0, 0.05) is 24.0 Å². The smallest absolute Gasteiger partial charge is 0.293 e. The SMILES string of the molecule is Cc1ccccc1-n1nc2c(c1-n1cccc1)CN(C(=O)c1ccno1)C2. The third kappa shape index (κ3) is 2.47. The summed E-state index contributed by atoms with van der Waals surface area (Å²) < 4.78 is 9.03. The van der Waals surface area contributed by atoms with Crippen LogP contribution in [0, 0.1) is 6.92 Å². The lowest BCUT2D eigenvalue weighted by Gasteiger charge is -2.16. The summed E-state index contributed by atoms with van der Waals surface area (Å²) in [4.78, 5) is 14.4. The number of para-hydroxylation sites is 1. The normalized spacial score (nSPS) is 13.1. The minimum Gasteiger partial charge on any atom is -0.351 e. The second kappa shape index (κ2) is 5.98. The lowest BCUT2D eigenvalue weighted by atomic mass is 10.2. The van der Waals surface area contributed by atoms with Crippen LogP contribution < -0.4 is 0 Å². The number of hydrogen-bond donors (Lipinski definition) is 0. The van der Waals surface area contributed by atoms with Crippen molar-refractivity contribution in [2.45, 2.75) is 20.0 Å². The molecular formula is C20H17N5O2. The maximum atomic E-state index is 12.6. The Kier molecular flexibility index (Phi) is 3.46. The molecule has 0 radical (unpaired) electrons. The van der Waals surface area contributed by atoms with E-state index in [1.807, 2.05) is 45.9 Å². The van der Waals surface area contributed by atoms with Crippen molar-refractivity contribution in [3.05, 3.63) is 83.6 Å². The highest BCUT2D eigenvalue weighted by atomic mass is 16.5. The van der Waals surface area contributed by atoms with E-state index >= 15 is 0 Å². The van der Waals surface area contributed by atoms with Crippen molar-refractivity contribution in [1.82, 2.24) is 24.4 Å². The van der Waals surface area contributed by atoms with E-state index in [-0.39, 0.29) is 11.7 Å². The van der Waals surface area contributed by atoms with Crippen LogP contribution >= 0.6 is 0 Å². The van der Waals surface area contributed by atoms with Gasteiger partial charge in [-0.1, -0.05) is 23.4 Å². The van der Waals surface area contributed by atoms with E-state index < -0.39 is 0 Å². The molecule has 0 spiro atoms. The standard InChI is InChI=1S/C20H17N5O2/c1-14-6-2-3-7-17(14)25-19(23-10-4-5-11-23)15-12-24(13-16(15)22-25)20(26)18-8-9-21-27-18/h2-11H,12-13H2,1H3. The Hall–Kier alpha value is -3.61. The van der Waals surface area contributed by atoms with Gasteiger partial charge in [0.2, 0.25) is 5.76 Å². The van der Waals surface area contributed by atoms with Crippen LogP contribution in [0.1, 0.15) is 27.4 Å². The number of fused-ring (bicyclic) bond motifs is 1. The van der Waals surface area contributed by atoms with Crippen molar-refractivity contribution in [3.63, 3.8) is 0 Å². The quantitative estimate of drug-likeness (QED) is 0.564. The Morgan fingerprint density at radius 1 is 1.07 bits per heavy atom. The predicted molar refractivity (Wildman–Crippen MR) is 97.7 cm³/mol. The molecule has 1 aliphatic heterocycles. The van der Waals surface area contributed by atoms with Crippen LogP contribution in [0.15, 0.2) is 65.6 Å². The van der Waals surface area contributed by atoms with Crippen LogP contribution in [-0.2, 0) is 13.1 Å². The number of aryl methyl sites for hydroxylation is 1. The lowest BCUT2D eigenvalue weighted by Crippen LogP contribution is -2.26. The van der Waals surface area contributed by atoms with Crippen molar-refractivity contribution in [3.8, 4) is 11.5 Å². The van der Waals surface area contributed by atoms with Gasteiger partial charge in [-0.2, -0.15) is 5.10 Å². The highest BCUT2D eigenvalue weighted by molar-refractivity contribution is 5.91. The fraction of sp³-hybridized carbons (Fsp3) is 0.150. The molecule has 0 atom stereocenters. The monoisotopic (exact) mass is 359 g/mol. The lowest BCUT2D eigenvalue weighted by molar-refractivity contribution is 0.0707. The summed E-state index contributed by atoms with van der Waals surface area (Å²) in [6.45, 7) is 3.00. The largest absolute Gasteiger partial charge is 0.351 e. The first-order valence-corrected chi connectivity index (χ1v) is 8.72. The molecule has 0 bridgehead atoms. The summed E-state index contributed by atoms with van der Waals surface area (Å²) in [6.07, 6.45) is 5.46. The Labute approximate surface area is 155 Å². The molecule has 134 valence electrons. The summed E-state index contributed by atoms with van der Waals surface area (Å²) in [7, 11) is 0. The predicted octanol–water partition coefficient (Wildman–Crippen LogP) is 3.12. The zero-order chi connectivity index (χ0) is 18.4. The van der Waals surface area contributed by atoms with E-state index in [0.29, 0.717) is 13.1 Å². The molecule has 7 nitrogen and oxygen atoms in total. The second-order valence-electron chi connectivity index (χ2n) is 6.58. The minimum atomic E-state index is -0.175. The van der Waals surface area contributed by atoms with Crippen LogP contribution in [-0.4, -0.2) is 30.3 Å².